The van der Waals surface area contributed by atoms with Crippen LogP contribution in [0.5, 0.6) is 0 Å². The Morgan fingerprint density at radius 1 is 1.02 bits per heavy atom. The van der Waals surface area contributed by atoms with Crippen LogP contribution in [0.2, 0.25) is 5.02 Å². The van der Waals surface area contributed by atoms with E-state index in [-0.39, 0.29) is 5.92 Å². The second kappa shape index (κ2) is 11.6. The molecule has 0 spiro atoms. The van der Waals surface area contributed by atoms with Crippen molar-refractivity contribution in [2.75, 3.05) is 5.32 Å². The van der Waals surface area contributed by atoms with Crippen LogP contribution in [0.15, 0.2) is 66.7 Å². The number of nitrogens with one attached hydrogen (secondary N) is 1. The number of benzene rings is 3. The predicted octanol–water partition coefficient (Wildman–Crippen LogP) is 9.00. The van der Waals surface area contributed by atoms with Gasteiger partial charge >= 0.3 is 12.1 Å². The third kappa shape index (κ3) is 5.84. The minimum atomic E-state index is -4.86. The molecule has 0 bridgehead atoms. The van der Waals surface area contributed by atoms with Gasteiger partial charge in [-0.3, -0.25) is 4.79 Å². The van der Waals surface area contributed by atoms with E-state index in [1.165, 1.54) is 0 Å². The molecular formula is C32H30ClF3N2O3. The van der Waals surface area contributed by atoms with Crippen molar-refractivity contribution in [1.82, 2.24) is 4.57 Å². The topological polar surface area (TPSA) is 71.3 Å². The molecule has 41 heavy (non-hydrogen) atoms. The van der Waals surface area contributed by atoms with Crippen LogP contribution in [0, 0.1) is 5.92 Å². The molecule has 0 saturated heterocycles. The van der Waals surface area contributed by atoms with E-state index in [1.54, 1.807) is 0 Å². The summed E-state index contributed by atoms with van der Waals surface area (Å²) in [5.74, 6) is -2.16. The molecule has 2 N–H and O–H groups in total. The van der Waals surface area contributed by atoms with Gasteiger partial charge < -0.3 is 15.0 Å². The predicted molar refractivity (Wildman–Crippen MR) is 154 cm³/mol. The lowest BCUT2D eigenvalue weighted by molar-refractivity contribution is -0.137. The van der Waals surface area contributed by atoms with Gasteiger partial charge in [0.05, 0.1) is 16.8 Å². The van der Waals surface area contributed by atoms with Crippen LogP contribution in [0.4, 0.5) is 18.9 Å². The van der Waals surface area contributed by atoms with Crippen molar-refractivity contribution in [3.8, 4) is 11.3 Å². The molecule has 4 aromatic rings. The number of rotatable bonds is 7. The first-order chi connectivity index (χ1) is 19.6. The highest BCUT2D eigenvalue weighted by molar-refractivity contribution is 6.31. The Morgan fingerprint density at radius 2 is 1.76 bits per heavy atom. The summed E-state index contributed by atoms with van der Waals surface area (Å²) in [7, 11) is 0. The number of carboxylic acid groups (broad SMARTS) is 1. The zero-order valence-corrected chi connectivity index (χ0v) is 23.2. The molecule has 1 aliphatic carbocycles. The zero-order valence-electron chi connectivity index (χ0n) is 22.5. The molecular weight excluding hydrogens is 553 g/mol. The molecule has 5 nitrogen and oxygen atoms in total. The molecule has 1 unspecified atom stereocenters. The number of aryl methyl sites for hydroxylation is 1. The molecule has 1 aliphatic rings. The van der Waals surface area contributed by atoms with Crippen LogP contribution in [0.3, 0.4) is 0 Å². The molecule has 0 radical (unpaired) electrons. The number of alkyl halides is 3. The second-order valence-electron chi connectivity index (χ2n) is 10.5. The summed E-state index contributed by atoms with van der Waals surface area (Å²) in [6.07, 6.45) is 0.252. The standard InChI is InChI=1S/C32H30ClF3N2O3/c1-2-19-16-22(12-14-25(19)33)28-18-21-10-6-7-11-27(21)38(28)29(20-8-4-3-5-9-20)30(39)37-26-15-13-23(31(40)41)17-24(26)32(34,35)36/h6-7,10-18,20,29H,2-5,8-9H2,1H3,(H,37,39)(H,40,41). The third-order valence-corrected chi connectivity index (χ3v) is 8.31. The number of carboxylic acids is 1. The number of carbonyl (C=O) groups is 2. The van der Waals surface area contributed by atoms with Gasteiger partial charge in [0.15, 0.2) is 0 Å². The summed E-state index contributed by atoms with van der Waals surface area (Å²) < 4.78 is 44.0. The van der Waals surface area contributed by atoms with Gasteiger partial charge in [-0.05, 0) is 78.8 Å². The summed E-state index contributed by atoms with van der Waals surface area (Å²) in [4.78, 5) is 25.6. The molecule has 1 atom stereocenters. The Bertz CT molecular complexity index is 1610. The largest absolute Gasteiger partial charge is 0.478 e. The van der Waals surface area contributed by atoms with Gasteiger partial charge in [0.2, 0.25) is 5.91 Å². The van der Waals surface area contributed by atoms with Crippen molar-refractivity contribution in [3.05, 3.63) is 88.4 Å². The third-order valence-electron chi connectivity index (χ3n) is 7.94. The summed E-state index contributed by atoms with van der Waals surface area (Å²) in [6.45, 7) is 2.01. The fourth-order valence-electron chi connectivity index (χ4n) is 5.92. The average Bonchev–Trinajstić information content (AvgIpc) is 3.32. The summed E-state index contributed by atoms with van der Waals surface area (Å²) >= 11 is 6.41. The van der Waals surface area contributed by atoms with Gasteiger partial charge in [-0.15, -0.1) is 0 Å². The lowest BCUT2D eigenvalue weighted by Gasteiger charge is -2.33. The van der Waals surface area contributed by atoms with E-state index in [9.17, 15) is 27.9 Å². The fraction of sp³-hybridized carbons (Fsp3) is 0.312. The number of halogens is 4. The van der Waals surface area contributed by atoms with Crippen LogP contribution in [-0.2, 0) is 17.4 Å². The highest BCUT2D eigenvalue weighted by atomic mass is 35.5. The maximum atomic E-state index is 14.2. The van der Waals surface area contributed by atoms with E-state index >= 15 is 0 Å². The van der Waals surface area contributed by atoms with Gasteiger partial charge in [0.1, 0.15) is 6.04 Å². The Balaban J connectivity index is 1.67. The Morgan fingerprint density at radius 3 is 2.44 bits per heavy atom. The number of amides is 1. The van der Waals surface area contributed by atoms with E-state index in [0.717, 1.165) is 72.0 Å². The molecule has 1 aromatic heterocycles. The smallest absolute Gasteiger partial charge is 0.418 e. The first kappa shape index (κ1) is 28.7. The highest BCUT2D eigenvalue weighted by Gasteiger charge is 2.38. The molecule has 1 saturated carbocycles. The highest BCUT2D eigenvalue weighted by Crippen LogP contribution is 2.42. The Labute approximate surface area is 240 Å². The first-order valence-electron chi connectivity index (χ1n) is 13.7. The van der Waals surface area contributed by atoms with E-state index in [1.807, 2.05) is 60.0 Å². The van der Waals surface area contributed by atoms with Gasteiger partial charge in [0, 0.05) is 21.6 Å². The number of fused-ring (bicyclic) bond motifs is 1. The summed E-state index contributed by atoms with van der Waals surface area (Å²) in [5, 5.41) is 13.4. The molecule has 0 aliphatic heterocycles. The maximum absolute atomic E-state index is 14.2. The molecule has 214 valence electrons. The molecule has 1 heterocycles. The van der Waals surface area contributed by atoms with Gasteiger partial charge in [-0.2, -0.15) is 13.2 Å². The summed E-state index contributed by atoms with van der Waals surface area (Å²) in [6, 6.07) is 17.2. The number of para-hydroxylation sites is 1. The molecule has 1 fully saturated rings. The Kier molecular flexibility index (Phi) is 8.13. The molecule has 9 heteroatoms. The number of aromatic nitrogens is 1. The van der Waals surface area contributed by atoms with E-state index in [2.05, 4.69) is 5.32 Å². The van der Waals surface area contributed by atoms with Crippen molar-refractivity contribution < 1.29 is 27.9 Å². The minimum Gasteiger partial charge on any atom is -0.478 e. The molecule has 3 aromatic carbocycles. The number of nitrogens with zero attached hydrogens (tertiary/aromatic N) is 1. The van der Waals surface area contributed by atoms with Crippen LogP contribution < -0.4 is 5.32 Å². The van der Waals surface area contributed by atoms with Crippen molar-refractivity contribution in [1.29, 1.82) is 0 Å². The van der Waals surface area contributed by atoms with Crippen LogP contribution in [-0.4, -0.2) is 21.6 Å². The second-order valence-corrected chi connectivity index (χ2v) is 10.9. The van der Waals surface area contributed by atoms with Gasteiger partial charge in [0.25, 0.3) is 0 Å². The zero-order chi connectivity index (χ0) is 29.3. The first-order valence-corrected chi connectivity index (χ1v) is 14.1. The van der Waals surface area contributed by atoms with Crippen LogP contribution >= 0.6 is 11.6 Å². The molecule has 5 rings (SSSR count). The monoisotopic (exact) mass is 582 g/mol. The quantitative estimate of drug-likeness (QED) is 0.228. The van der Waals surface area contributed by atoms with Gasteiger partial charge in [-0.25, -0.2) is 4.79 Å². The summed E-state index contributed by atoms with van der Waals surface area (Å²) in [5.41, 5.74) is 1.22. The lowest BCUT2D eigenvalue weighted by Crippen LogP contribution is -2.34. The number of carbonyl (C=O) groups excluding carboxylic acids is 1. The van der Waals surface area contributed by atoms with Crippen molar-refractivity contribution >= 4 is 40.1 Å². The van der Waals surface area contributed by atoms with Crippen molar-refractivity contribution in [2.45, 2.75) is 57.7 Å². The molecule has 1 amide bonds. The maximum Gasteiger partial charge on any atom is 0.418 e. The number of anilines is 1. The van der Waals surface area contributed by atoms with Crippen molar-refractivity contribution in [2.24, 2.45) is 5.92 Å². The van der Waals surface area contributed by atoms with E-state index in [4.69, 9.17) is 11.6 Å². The fourth-order valence-corrected chi connectivity index (χ4v) is 6.17. The number of aromatic carboxylic acids is 1. The average molecular weight is 583 g/mol. The van der Waals surface area contributed by atoms with E-state index < -0.39 is 40.9 Å². The van der Waals surface area contributed by atoms with Crippen LogP contribution in [0.25, 0.3) is 22.2 Å². The Hall–Kier alpha value is -3.78. The number of hydrogen-bond donors (Lipinski definition) is 2. The SMILES string of the molecule is CCc1cc(-c2cc3ccccc3n2C(C(=O)Nc2ccc(C(=O)O)cc2C(F)(F)F)C2CCCCC2)ccc1Cl. The van der Waals surface area contributed by atoms with Gasteiger partial charge in [-0.1, -0.05) is 62.1 Å². The normalized spacial score (nSPS) is 15.1. The minimum absolute atomic E-state index is 0.108. The lowest BCUT2D eigenvalue weighted by atomic mass is 9.83. The van der Waals surface area contributed by atoms with Crippen LogP contribution in [0.1, 0.15) is 66.6 Å². The van der Waals surface area contributed by atoms with Crippen molar-refractivity contribution in [3.63, 3.8) is 0 Å². The number of hydrogen-bond acceptors (Lipinski definition) is 2. The van der Waals surface area contributed by atoms with E-state index in [0.29, 0.717) is 17.5 Å².